The van der Waals surface area contributed by atoms with Crippen molar-refractivity contribution in [3.8, 4) is 0 Å². The molecule has 0 saturated carbocycles. The predicted molar refractivity (Wildman–Crippen MR) is 60.4 cm³/mol. The Morgan fingerprint density at radius 3 is 3.15 bits per heavy atom. The summed E-state index contributed by atoms with van der Waals surface area (Å²) in [4.78, 5) is 3.90. The summed E-state index contributed by atoms with van der Waals surface area (Å²) in [5, 5.41) is -0.387. The maximum absolute atomic E-state index is 8.10. The second kappa shape index (κ2) is 3.96. The van der Waals surface area contributed by atoms with Gasteiger partial charge in [-0.2, -0.15) is 0 Å². The van der Waals surface area contributed by atoms with Gasteiger partial charge >= 0.3 is 0 Å². The molecule has 1 saturated heterocycles. The lowest BCUT2D eigenvalue weighted by molar-refractivity contribution is 0.438. The van der Waals surface area contributed by atoms with Gasteiger partial charge in [0, 0.05) is 29.4 Å². The topological polar surface area (TPSA) is 16.1 Å². The molecule has 13 heavy (non-hydrogen) atoms. The van der Waals surface area contributed by atoms with Crippen molar-refractivity contribution in [1.82, 2.24) is 4.98 Å². The SMILES string of the molecule is [2H]C([2H])([2H])C1([2H])C([2H])([2H])C([2H])([2H])N(c2ncc(Br)s2)C([2H])([2H])C1([2H])[2H]. The third-order valence-electron chi connectivity index (χ3n) is 1.24. The summed E-state index contributed by atoms with van der Waals surface area (Å²) in [5.74, 6) is -3.72. The van der Waals surface area contributed by atoms with Crippen molar-refractivity contribution >= 4 is 32.4 Å². The van der Waals surface area contributed by atoms with Crippen LogP contribution in [0.2, 0.25) is 0 Å². The zero-order chi connectivity index (χ0) is 19.9. The summed E-state index contributed by atoms with van der Waals surface area (Å²) >= 11 is 3.78. The largest absolute Gasteiger partial charge is 0.348 e. The molecule has 1 aromatic heterocycles. The van der Waals surface area contributed by atoms with Gasteiger partial charge in [-0.25, -0.2) is 4.98 Å². The van der Waals surface area contributed by atoms with Crippen LogP contribution in [-0.4, -0.2) is 18.0 Å². The Kier molecular flexibility index (Phi) is 0.832. The predicted octanol–water partition coefficient (Wildman–Crippen LogP) is 3.14. The second-order valence-electron chi connectivity index (χ2n) is 2.13. The molecule has 1 aromatic rings. The number of hydrogen-bond acceptors (Lipinski definition) is 3. The average molecular weight is 273 g/mol. The highest BCUT2D eigenvalue weighted by molar-refractivity contribution is 9.11. The van der Waals surface area contributed by atoms with Gasteiger partial charge in [-0.05, 0) is 34.6 Å². The lowest BCUT2D eigenvalue weighted by atomic mass is 10.00. The van der Waals surface area contributed by atoms with Crippen molar-refractivity contribution in [3.05, 3.63) is 9.98 Å². The zero-order valence-electron chi connectivity index (χ0n) is 18.3. The quantitative estimate of drug-likeness (QED) is 0.781. The van der Waals surface area contributed by atoms with E-state index in [0.717, 1.165) is 11.3 Å². The first-order valence-corrected chi connectivity index (χ1v) is 4.90. The summed E-state index contributed by atoms with van der Waals surface area (Å²) in [6.45, 7) is -10.4. The highest BCUT2D eigenvalue weighted by atomic mass is 79.9. The minimum Gasteiger partial charge on any atom is -0.348 e. The normalized spacial score (nSPS) is 51.9. The maximum Gasteiger partial charge on any atom is 0.186 e. The Bertz CT molecular complexity index is 654. The number of anilines is 1. The Morgan fingerprint density at radius 1 is 1.85 bits per heavy atom. The van der Waals surface area contributed by atoms with Gasteiger partial charge in [0.15, 0.2) is 5.13 Å². The van der Waals surface area contributed by atoms with Gasteiger partial charge in [0.1, 0.15) is 0 Å². The van der Waals surface area contributed by atoms with E-state index < -0.39 is 38.5 Å². The molecule has 0 aliphatic carbocycles. The molecule has 0 N–H and O–H groups in total. The molecule has 1 aliphatic rings. The van der Waals surface area contributed by atoms with Crippen LogP contribution in [0.1, 0.15) is 36.0 Å². The Morgan fingerprint density at radius 2 is 2.62 bits per heavy atom. The molecule has 0 bridgehead atoms. The number of halogens is 1. The lowest BCUT2D eigenvalue weighted by Gasteiger charge is -2.29. The molecular weight excluding hydrogens is 248 g/mol. The van der Waals surface area contributed by atoms with E-state index in [-0.39, 0.29) is 10.0 Å². The third-order valence-corrected chi connectivity index (χ3v) is 2.70. The van der Waals surface area contributed by atoms with Gasteiger partial charge in [0.25, 0.3) is 0 Å². The number of rotatable bonds is 1. The first-order valence-electron chi connectivity index (χ1n) is 9.29. The summed E-state index contributed by atoms with van der Waals surface area (Å²) in [7, 11) is 0. The van der Waals surface area contributed by atoms with Crippen LogP contribution in [0.4, 0.5) is 5.13 Å². The van der Waals surface area contributed by atoms with Gasteiger partial charge in [-0.1, -0.05) is 18.2 Å². The highest BCUT2D eigenvalue weighted by Gasteiger charge is 2.17. The molecule has 0 radical (unpaired) electrons. The molecule has 2 heterocycles. The molecule has 1 fully saturated rings. The summed E-state index contributed by atoms with van der Waals surface area (Å²) < 4.78 is 95.3. The van der Waals surface area contributed by atoms with Crippen molar-refractivity contribution in [1.29, 1.82) is 0 Å². The Balaban J connectivity index is 2.87. The van der Waals surface area contributed by atoms with Crippen LogP contribution in [0.5, 0.6) is 0 Å². The molecule has 72 valence electrons. The highest BCUT2D eigenvalue weighted by Crippen LogP contribution is 2.29. The summed E-state index contributed by atoms with van der Waals surface area (Å²) in [6.07, 6.45) is -6.03. The summed E-state index contributed by atoms with van der Waals surface area (Å²) in [6, 6.07) is 0. The minimum absolute atomic E-state index is 0.147. The van der Waals surface area contributed by atoms with Gasteiger partial charge in [-0.3, -0.25) is 0 Å². The van der Waals surface area contributed by atoms with Crippen molar-refractivity contribution in [2.75, 3.05) is 17.9 Å². The van der Waals surface area contributed by atoms with Gasteiger partial charge in [0.2, 0.25) is 0 Å². The molecule has 1 aliphatic heterocycles. The van der Waals surface area contributed by atoms with Gasteiger partial charge in [0.05, 0.1) is 9.98 Å². The Labute approximate surface area is 108 Å². The molecule has 0 amide bonds. The van der Waals surface area contributed by atoms with E-state index in [9.17, 15) is 0 Å². The molecule has 0 atom stereocenters. The van der Waals surface area contributed by atoms with Crippen LogP contribution in [-0.2, 0) is 0 Å². The first-order chi connectivity index (χ1) is 10.9. The van der Waals surface area contributed by atoms with E-state index in [1.807, 2.05) is 0 Å². The number of nitrogens with zero attached hydrogens (tertiary/aromatic N) is 2. The number of hydrogen-bond donors (Lipinski definition) is 0. The lowest BCUT2D eigenvalue weighted by Crippen LogP contribution is -2.32. The molecule has 0 aromatic carbocycles. The van der Waals surface area contributed by atoms with E-state index in [1.54, 1.807) is 0 Å². The van der Waals surface area contributed by atoms with E-state index in [4.69, 9.17) is 16.4 Å². The first kappa shape index (κ1) is 2.73. The third kappa shape index (κ3) is 2.23. The second-order valence-corrected chi connectivity index (χ2v) is 4.52. The molecule has 2 nitrogen and oxygen atoms in total. The van der Waals surface area contributed by atoms with Crippen LogP contribution in [0.3, 0.4) is 0 Å². The summed E-state index contributed by atoms with van der Waals surface area (Å²) in [5.41, 5.74) is 0. The van der Waals surface area contributed by atoms with E-state index in [2.05, 4.69) is 20.9 Å². The molecular formula is C9H13BrN2S. The van der Waals surface area contributed by atoms with Crippen LogP contribution in [0.15, 0.2) is 9.98 Å². The van der Waals surface area contributed by atoms with Crippen molar-refractivity contribution < 1.29 is 16.4 Å². The maximum atomic E-state index is 8.10. The van der Waals surface area contributed by atoms with E-state index >= 15 is 0 Å². The monoisotopic (exact) mass is 272 g/mol. The molecule has 2 rings (SSSR count). The van der Waals surface area contributed by atoms with Crippen LogP contribution >= 0.6 is 27.3 Å². The van der Waals surface area contributed by atoms with Crippen LogP contribution < -0.4 is 4.90 Å². The molecule has 4 heteroatoms. The van der Waals surface area contributed by atoms with Crippen LogP contribution in [0, 0.1) is 5.89 Å². The Hall–Kier alpha value is -0.0900. The minimum atomic E-state index is -3.72. The number of aromatic nitrogens is 1. The van der Waals surface area contributed by atoms with Gasteiger partial charge in [-0.15, -0.1) is 0 Å². The van der Waals surface area contributed by atoms with Crippen molar-refractivity contribution in [2.24, 2.45) is 5.89 Å². The van der Waals surface area contributed by atoms with Crippen molar-refractivity contribution in [3.63, 3.8) is 0 Å². The molecule has 0 unspecified atom stereocenters. The fraction of sp³-hybridized carbons (Fsp3) is 0.667. The van der Waals surface area contributed by atoms with Crippen LogP contribution in [0.25, 0.3) is 0 Å². The van der Waals surface area contributed by atoms with Gasteiger partial charge < -0.3 is 4.90 Å². The fourth-order valence-corrected chi connectivity index (χ4v) is 1.83. The number of thiazole rings is 1. The fourth-order valence-electron chi connectivity index (χ4n) is 0.728. The van der Waals surface area contributed by atoms with E-state index in [0.29, 0.717) is 3.79 Å². The smallest absolute Gasteiger partial charge is 0.186 e. The van der Waals surface area contributed by atoms with Crippen molar-refractivity contribution in [2.45, 2.75) is 19.6 Å². The number of piperidine rings is 1. The zero-order valence-corrected chi connectivity index (χ0v) is 8.66. The average Bonchev–Trinajstić information content (AvgIpc) is 2.79. The molecule has 0 spiro atoms. The van der Waals surface area contributed by atoms with E-state index in [1.165, 1.54) is 6.20 Å². The standard InChI is InChI=1S/C9H13BrN2S/c1-7-2-4-12(5-3-7)9-11-6-8(10)13-9/h6-7H,2-5H2,1H3/i1D3,2D2,3D2,4D2,5D2,7D.